The van der Waals surface area contributed by atoms with Crippen molar-refractivity contribution in [3.05, 3.63) is 66.3 Å². The van der Waals surface area contributed by atoms with Gasteiger partial charge in [0.25, 0.3) is 0 Å². The topological polar surface area (TPSA) is 55.3 Å². The molecule has 0 spiro atoms. The Morgan fingerprint density at radius 3 is 2.78 bits per heavy atom. The van der Waals surface area contributed by atoms with Gasteiger partial charge < -0.3 is 8.94 Å². The minimum Gasteiger partial charge on any atom is -0.461 e. The summed E-state index contributed by atoms with van der Waals surface area (Å²) in [6.45, 7) is 2.82. The van der Waals surface area contributed by atoms with Gasteiger partial charge in [-0.25, -0.2) is 0 Å². The standard InChI is InChI=1S/C18H17N3O2/c1-2-6-14(7-3-1)8-4-10-21-12-15(13-21)18-19-17(20-23-18)16-9-5-11-22-16/h1-9,11,15H,10,12-13H2/b8-4+. The van der Waals surface area contributed by atoms with Gasteiger partial charge in [0.15, 0.2) is 5.76 Å². The Morgan fingerprint density at radius 2 is 2.00 bits per heavy atom. The van der Waals surface area contributed by atoms with Crippen molar-refractivity contribution in [2.45, 2.75) is 5.92 Å². The second kappa shape index (κ2) is 6.22. The summed E-state index contributed by atoms with van der Waals surface area (Å²) in [5.41, 5.74) is 1.23. The number of benzene rings is 1. The van der Waals surface area contributed by atoms with E-state index in [9.17, 15) is 0 Å². The molecule has 5 heteroatoms. The van der Waals surface area contributed by atoms with Gasteiger partial charge in [0, 0.05) is 19.6 Å². The first-order chi connectivity index (χ1) is 11.4. The van der Waals surface area contributed by atoms with Gasteiger partial charge >= 0.3 is 0 Å². The highest BCUT2D eigenvalue weighted by molar-refractivity contribution is 5.49. The highest BCUT2D eigenvalue weighted by Gasteiger charge is 2.32. The van der Waals surface area contributed by atoms with E-state index < -0.39 is 0 Å². The Labute approximate surface area is 134 Å². The van der Waals surface area contributed by atoms with Gasteiger partial charge in [-0.05, 0) is 17.7 Å². The molecular formula is C18H17N3O2. The van der Waals surface area contributed by atoms with E-state index in [4.69, 9.17) is 8.94 Å². The summed E-state index contributed by atoms with van der Waals surface area (Å²) in [4.78, 5) is 6.77. The minimum absolute atomic E-state index is 0.316. The van der Waals surface area contributed by atoms with E-state index in [1.165, 1.54) is 5.56 Å². The molecule has 0 radical (unpaired) electrons. The lowest BCUT2D eigenvalue weighted by atomic mass is 10.0. The highest BCUT2D eigenvalue weighted by atomic mass is 16.5. The van der Waals surface area contributed by atoms with Gasteiger partial charge in [-0.15, -0.1) is 0 Å². The van der Waals surface area contributed by atoms with Gasteiger partial charge in [-0.2, -0.15) is 4.98 Å². The van der Waals surface area contributed by atoms with E-state index in [1.54, 1.807) is 6.26 Å². The van der Waals surface area contributed by atoms with Gasteiger partial charge in [-0.1, -0.05) is 47.6 Å². The molecule has 0 aliphatic carbocycles. The van der Waals surface area contributed by atoms with Crippen molar-refractivity contribution in [2.75, 3.05) is 19.6 Å². The van der Waals surface area contributed by atoms with E-state index in [-0.39, 0.29) is 0 Å². The Bertz CT molecular complexity index is 772. The highest BCUT2D eigenvalue weighted by Crippen LogP contribution is 2.27. The van der Waals surface area contributed by atoms with Gasteiger partial charge in [0.2, 0.25) is 11.7 Å². The zero-order valence-corrected chi connectivity index (χ0v) is 12.6. The molecule has 0 bridgehead atoms. The Morgan fingerprint density at radius 1 is 1.13 bits per heavy atom. The quantitative estimate of drug-likeness (QED) is 0.722. The Hall–Kier alpha value is -2.66. The SMILES string of the molecule is C(=C\c1ccccc1)/CN1CC(c2nc(-c3ccco3)no2)C1. The molecule has 1 saturated heterocycles. The van der Waals surface area contributed by atoms with Crippen LogP contribution in [0.4, 0.5) is 0 Å². The number of aromatic nitrogens is 2. The summed E-state index contributed by atoms with van der Waals surface area (Å²) in [6, 6.07) is 14.0. The van der Waals surface area contributed by atoms with Crippen LogP contribution in [0.1, 0.15) is 17.4 Å². The van der Waals surface area contributed by atoms with Crippen LogP contribution in [0.25, 0.3) is 17.7 Å². The summed E-state index contributed by atoms with van der Waals surface area (Å²) in [7, 11) is 0. The first-order valence-corrected chi connectivity index (χ1v) is 7.70. The molecule has 0 atom stereocenters. The zero-order chi connectivity index (χ0) is 15.5. The molecule has 1 fully saturated rings. The number of rotatable bonds is 5. The predicted molar refractivity (Wildman–Crippen MR) is 86.7 cm³/mol. The Balaban J connectivity index is 1.29. The Kier molecular flexibility index (Phi) is 3.78. The summed E-state index contributed by atoms with van der Waals surface area (Å²) < 4.78 is 10.6. The molecule has 0 unspecified atom stereocenters. The lowest BCUT2D eigenvalue weighted by molar-refractivity contribution is 0.140. The third-order valence-electron chi connectivity index (χ3n) is 3.96. The molecule has 1 aliphatic rings. The van der Waals surface area contributed by atoms with Crippen molar-refractivity contribution >= 4 is 6.08 Å². The minimum atomic E-state index is 0.316. The van der Waals surface area contributed by atoms with Crippen LogP contribution in [0.3, 0.4) is 0 Å². The lowest BCUT2D eigenvalue weighted by Crippen LogP contribution is -2.44. The van der Waals surface area contributed by atoms with Crippen molar-refractivity contribution < 1.29 is 8.94 Å². The molecule has 0 N–H and O–H groups in total. The zero-order valence-electron chi connectivity index (χ0n) is 12.6. The van der Waals surface area contributed by atoms with Crippen molar-refractivity contribution in [2.24, 2.45) is 0 Å². The monoisotopic (exact) mass is 307 g/mol. The van der Waals surface area contributed by atoms with E-state index in [0.29, 0.717) is 23.4 Å². The summed E-state index contributed by atoms with van der Waals surface area (Å²) >= 11 is 0. The molecule has 2 aromatic heterocycles. The van der Waals surface area contributed by atoms with Crippen molar-refractivity contribution in [1.29, 1.82) is 0 Å². The van der Waals surface area contributed by atoms with Gasteiger partial charge in [0.1, 0.15) is 0 Å². The van der Waals surface area contributed by atoms with Crippen LogP contribution >= 0.6 is 0 Å². The molecule has 4 rings (SSSR count). The molecule has 1 aromatic carbocycles. The van der Waals surface area contributed by atoms with Gasteiger partial charge in [-0.3, -0.25) is 4.90 Å². The summed E-state index contributed by atoms with van der Waals surface area (Å²) in [5, 5.41) is 3.98. The third-order valence-corrected chi connectivity index (χ3v) is 3.96. The molecule has 5 nitrogen and oxygen atoms in total. The smallest absolute Gasteiger partial charge is 0.238 e. The van der Waals surface area contributed by atoms with Crippen LogP contribution in [0, 0.1) is 0 Å². The normalized spacial score (nSPS) is 16.0. The largest absolute Gasteiger partial charge is 0.461 e. The fraction of sp³-hybridized carbons (Fsp3) is 0.222. The van der Waals surface area contributed by atoms with E-state index in [1.807, 2.05) is 30.3 Å². The maximum atomic E-state index is 5.35. The number of hydrogen-bond donors (Lipinski definition) is 0. The third kappa shape index (κ3) is 3.10. The first-order valence-electron chi connectivity index (χ1n) is 7.70. The molecule has 0 saturated carbocycles. The molecular weight excluding hydrogens is 290 g/mol. The summed E-state index contributed by atoms with van der Waals surface area (Å²) in [6.07, 6.45) is 5.94. The van der Waals surface area contributed by atoms with Crippen LogP contribution < -0.4 is 0 Å². The van der Waals surface area contributed by atoms with Crippen molar-refractivity contribution in [1.82, 2.24) is 15.0 Å². The molecule has 3 aromatic rings. The summed E-state index contributed by atoms with van der Waals surface area (Å²) in [5.74, 6) is 2.17. The van der Waals surface area contributed by atoms with Crippen LogP contribution in [0.2, 0.25) is 0 Å². The second-order valence-electron chi connectivity index (χ2n) is 5.66. The number of nitrogens with zero attached hydrogens (tertiary/aromatic N) is 3. The molecule has 116 valence electrons. The fourth-order valence-electron chi connectivity index (χ4n) is 2.68. The van der Waals surface area contributed by atoms with Crippen molar-refractivity contribution in [3.8, 4) is 11.6 Å². The van der Waals surface area contributed by atoms with Crippen LogP contribution in [0.15, 0.2) is 63.7 Å². The molecule has 1 aliphatic heterocycles. The fourth-order valence-corrected chi connectivity index (χ4v) is 2.68. The van der Waals surface area contributed by atoms with Crippen molar-refractivity contribution in [3.63, 3.8) is 0 Å². The van der Waals surface area contributed by atoms with Crippen LogP contribution in [-0.4, -0.2) is 34.7 Å². The number of furan rings is 1. The maximum absolute atomic E-state index is 5.35. The second-order valence-corrected chi connectivity index (χ2v) is 5.66. The van der Waals surface area contributed by atoms with E-state index in [2.05, 4.69) is 39.3 Å². The lowest BCUT2D eigenvalue weighted by Gasteiger charge is -2.36. The van der Waals surface area contributed by atoms with Crippen LogP contribution in [0.5, 0.6) is 0 Å². The molecule has 23 heavy (non-hydrogen) atoms. The number of hydrogen-bond acceptors (Lipinski definition) is 5. The molecule has 0 amide bonds. The predicted octanol–water partition coefficient (Wildman–Crippen LogP) is 3.44. The molecule has 3 heterocycles. The van der Waals surface area contributed by atoms with Crippen LogP contribution in [-0.2, 0) is 0 Å². The van der Waals surface area contributed by atoms with Gasteiger partial charge in [0.05, 0.1) is 12.2 Å². The average molecular weight is 307 g/mol. The van der Waals surface area contributed by atoms with E-state index in [0.717, 1.165) is 19.6 Å². The van der Waals surface area contributed by atoms with E-state index >= 15 is 0 Å². The average Bonchev–Trinajstić information content (AvgIpc) is 3.21. The maximum Gasteiger partial charge on any atom is 0.238 e. The number of likely N-dealkylation sites (tertiary alicyclic amines) is 1. The first kappa shape index (κ1) is 14.0.